The predicted molar refractivity (Wildman–Crippen MR) is 57.2 cm³/mol. The molecule has 1 fully saturated rings. The minimum atomic E-state index is -4.61. The fourth-order valence-electron chi connectivity index (χ4n) is 1.49. The number of alkyl halides is 3. The van der Waals surface area contributed by atoms with Gasteiger partial charge in [0.25, 0.3) is 0 Å². The molecule has 18 heavy (non-hydrogen) atoms. The molecule has 0 radical (unpaired) electrons. The van der Waals surface area contributed by atoms with Crippen molar-refractivity contribution in [3.05, 3.63) is 12.2 Å². The van der Waals surface area contributed by atoms with Gasteiger partial charge in [-0.3, -0.25) is 0 Å². The molecule has 0 bridgehead atoms. The second kappa shape index (κ2) is 3.74. The first-order valence-corrected chi connectivity index (χ1v) is 5.41. The van der Waals surface area contributed by atoms with E-state index in [2.05, 4.69) is 9.40 Å². The van der Waals surface area contributed by atoms with E-state index >= 15 is 0 Å². The molecule has 0 spiro atoms. The van der Waals surface area contributed by atoms with Gasteiger partial charge in [-0.05, 0) is 27.7 Å². The van der Waals surface area contributed by atoms with Gasteiger partial charge in [0.15, 0.2) is 0 Å². The summed E-state index contributed by atoms with van der Waals surface area (Å²) in [5.41, 5.74) is -1.27. The summed E-state index contributed by atoms with van der Waals surface area (Å²) in [7, 11) is -0.949. The van der Waals surface area contributed by atoms with E-state index in [-0.39, 0.29) is 5.59 Å². The second-order valence-electron chi connectivity index (χ2n) is 5.16. The lowest BCUT2D eigenvalue weighted by Gasteiger charge is -2.32. The Morgan fingerprint density at radius 2 is 1.61 bits per heavy atom. The summed E-state index contributed by atoms with van der Waals surface area (Å²) in [6, 6.07) is 0. The van der Waals surface area contributed by atoms with Gasteiger partial charge in [0.2, 0.25) is 0 Å². The van der Waals surface area contributed by atoms with E-state index in [1.807, 2.05) is 0 Å². The van der Waals surface area contributed by atoms with Crippen LogP contribution in [0.25, 0.3) is 0 Å². The van der Waals surface area contributed by atoms with E-state index in [0.29, 0.717) is 0 Å². The molecule has 0 atom stereocenters. The normalized spacial score (nSPS) is 22.5. The van der Waals surface area contributed by atoms with Crippen molar-refractivity contribution in [3.8, 4) is 0 Å². The first-order valence-electron chi connectivity index (χ1n) is 5.41. The summed E-state index contributed by atoms with van der Waals surface area (Å²) in [4.78, 5) is 3.35. The van der Waals surface area contributed by atoms with Crippen molar-refractivity contribution >= 4 is 12.7 Å². The molecular formula is C10H13BF3NO3. The van der Waals surface area contributed by atoms with E-state index in [9.17, 15) is 13.2 Å². The molecule has 1 saturated heterocycles. The lowest BCUT2D eigenvalue weighted by Crippen LogP contribution is -2.41. The van der Waals surface area contributed by atoms with E-state index in [4.69, 9.17) is 9.31 Å². The highest BCUT2D eigenvalue weighted by molar-refractivity contribution is 6.61. The Morgan fingerprint density at radius 1 is 1.11 bits per heavy atom. The molecule has 1 aliphatic rings. The minimum absolute atomic E-state index is 0.0130. The Labute approximate surface area is 103 Å². The molecule has 0 unspecified atom stereocenters. The maximum absolute atomic E-state index is 12.4. The molecule has 4 nitrogen and oxygen atoms in total. The van der Waals surface area contributed by atoms with Crippen molar-refractivity contribution in [1.29, 1.82) is 0 Å². The lowest BCUT2D eigenvalue weighted by atomic mass is 9.86. The summed E-state index contributed by atoms with van der Waals surface area (Å²) >= 11 is 0. The molecule has 1 aliphatic heterocycles. The summed E-state index contributed by atoms with van der Waals surface area (Å²) in [6.07, 6.45) is -3.70. The molecule has 8 heteroatoms. The van der Waals surface area contributed by atoms with Crippen LogP contribution in [-0.4, -0.2) is 23.3 Å². The zero-order chi connectivity index (χ0) is 13.8. The summed E-state index contributed by atoms with van der Waals surface area (Å²) in [5.74, 6) is -1.30. The number of aromatic nitrogens is 1. The Hall–Kier alpha value is -1.02. The van der Waals surface area contributed by atoms with Gasteiger partial charge in [0.05, 0.1) is 11.2 Å². The number of halogens is 3. The zero-order valence-corrected chi connectivity index (χ0v) is 10.5. The molecule has 100 valence electrons. The largest absolute Gasteiger partial charge is 0.517 e. The van der Waals surface area contributed by atoms with Crippen LogP contribution in [0.3, 0.4) is 0 Å². The average molecular weight is 263 g/mol. The third kappa shape index (κ3) is 2.14. The Bertz CT molecular complexity index is 439. The van der Waals surface area contributed by atoms with Crippen molar-refractivity contribution in [2.24, 2.45) is 0 Å². The van der Waals surface area contributed by atoms with Gasteiger partial charge < -0.3 is 13.7 Å². The van der Waals surface area contributed by atoms with Crippen molar-refractivity contribution in [3.63, 3.8) is 0 Å². The molecule has 1 aromatic heterocycles. The van der Waals surface area contributed by atoms with Gasteiger partial charge in [-0.15, -0.1) is 0 Å². The van der Waals surface area contributed by atoms with Crippen molar-refractivity contribution in [1.82, 2.24) is 4.98 Å². The summed E-state index contributed by atoms with van der Waals surface area (Å²) in [6.45, 7) is 7.21. The van der Waals surface area contributed by atoms with Crippen molar-refractivity contribution in [2.75, 3.05) is 0 Å². The molecular weight excluding hydrogens is 250 g/mol. The number of oxazole rings is 1. The SMILES string of the molecule is CC1(C)OB(c2coc(C(F)(F)F)n2)OC1(C)C. The van der Waals surface area contributed by atoms with Crippen LogP contribution in [0.1, 0.15) is 33.6 Å². The van der Waals surface area contributed by atoms with Crippen LogP contribution < -0.4 is 5.59 Å². The van der Waals surface area contributed by atoms with Crippen LogP contribution in [0.2, 0.25) is 0 Å². The van der Waals surface area contributed by atoms with Crippen LogP contribution in [0.15, 0.2) is 10.7 Å². The highest BCUT2D eigenvalue weighted by Crippen LogP contribution is 2.36. The van der Waals surface area contributed by atoms with Crippen molar-refractivity contribution in [2.45, 2.75) is 45.1 Å². The third-order valence-electron chi connectivity index (χ3n) is 3.26. The van der Waals surface area contributed by atoms with Gasteiger partial charge in [-0.25, -0.2) is 4.98 Å². The highest BCUT2D eigenvalue weighted by Gasteiger charge is 2.53. The van der Waals surface area contributed by atoms with E-state index in [0.717, 1.165) is 6.26 Å². The molecule has 0 saturated carbocycles. The van der Waals surface area contributed by atoms with Gasteiger partial charge in [-0.2, -0.15) is 13.2 Å². The average Bonchev–Trinajstić information content (AvgIpc) is 2.69. The first kappa shape index (κ1) is 13.4. The summed E-state index contributed by atoms with van der Waals surface area (Å²) < 4.78 is 52.6. The number of hydrogen-bond acceptors (Lipinski definition) is 4. The Kier molecular flexibility index (Phi) is 2.79. The topological polar surface area (TPSA) is 44.5 Å². The van der Waals surface area contributed by atoms with E-state index in [1.165, 1.54) is 0 Å². The first-order chi connectivity index (χ1) is 8.03. The molecule has 1 aromatic rings. The zero-order valence-electron chi connectivity index (χ0n) is 10.5. The van der Waals surface area contributed by atoms with Gasteiger partial charge >= 0.3 is 19.2 Å². The highest BCUT2D eigenvalue weighted by atomic mass is 19.4. The van der Waals surface area contributed by atoms with Crippen LogP contribution in [0, 0.1) is 0 Å². The Balaban J connectivity index is 2.23. The fraction of sp³-hybridized carbons (Fsp3) is 0.700. The van der Waals surface area contributed by atoms with Crippen LogP contribution in [0.5, 0.6) is 0 Å². The second-order valence-corrected chi connectivity index (χ2v) is 5.16. The molecule has 0 aliphatic carbocycles. The monoisotopic (exact) mass is 263 g/mol. The number of hydrogen-bond donors (Lipinski definition) is 0. The molecule has 0 N–H and O–H groups in total. The number of rotatable bonds is 1. The van der Waals surface area contributed by atoms with Crippen LogP contribution in [0.4, 0.5) is 13.2 Å². The smallest absolute Gasteiger partial charge is 0.442 e. The molecule has 0 aromatic carbocycles. The molecule has 0 amide bonds. The molecule has 2 rings (SSSR count). The summed E-state index contributed by atoms with van der Waals surface area (Å²) in [5, 5.41) is 0. The maximum atomic E-state index is 12.4. The van der Waals surface area contributed by atoms with Crippen LogP contribution in [-0.2, 0) is 15.5 Å². The third-order valence-corrected chi connectivity index (χ3v) is 3.26. The maximum Gasteiger partial charge on any atom is 0.517 e. The van der Waals surface area contributed by atoms with E-state index in [1.54, 1.807) is 27.7 Å². The lowest BCUT2D eigenvalue weighted by molar-refractivity contribution is -0.157. The van der Waals surface area contributed by atoms with Gasteiger partial charge in [-0.1, -0.05) is 0 Å². The van der Waals surface area contributed by atoms with Gasteiger partial charge in [0, 0.05) is 0 Å². The van der Waals surface area contributed by atoms with Crippen molar-refractivity contribution < 1.29 is 26.9 Å². The molecule has 2 heterocycles. The standard InChI is InChI=1S/C10H13BF3NO3/c1-8(2)9(3,4)18-11(17-8)6-5-16-7(15-6)10(12,13)14/h5H,1-4H3. The van der Waals surface area contributed by atoms with Gasteiger partial charge in [0.1, 0.15) is 11.9 Å². The fourth-order valence-corrected chi connectivity index (χ4v) is 1.49. The Morgan fingerprint density at radius 3 is 2.00 bits per heavy atom. The predicted octanol–water partition coefficient (Wildman–Crippen LogP) is 1.99. The van der Waals surface area contributed by atoms with E-state index < -0.39 is 30.4 Å². The quantitative estimate of drug-likeness (QED) is 0.727. The van der Waals surface area contributed by atoms with Crippen LogP contribution >= 0.6 is 0 Å². The minimum Gasteiger partial charge on any atom is -0.442 e. The number of nitrogens with zero attached hydrogens (tertiary/aromatic N) is 1.